The molecule has 3 N–H and O–H groups in total. The second-order valence-corrected chi connectivity index (χ2v) is 18.6. The van der Waals surface area contributed by atoms with Crippen molar-refractivity contribution >= 4 is 11.9 Å². The van der Waals surface area contributed by atoms with Gasteiger partial charge in [0.05, 0.1) is 25.2 Å². The molecule has 0 fully saturated rings. The first-order valence-corrected chi connectivity index (χ1v) is 27.7. The molecule has 0 aliphatic heterocycles. The SMILES string of the molecule is CC/C=C\C/C=C\C/C=C\C/C=C\C/C=C\CCCC(=O)OC(CCC/C=C\CCCCCCCCC)CC(=O)NC(CO)C(O)CCCCCCCCCCCCCCCCCCC. The molecule has 0 spiro atoms. The third kappa shape index (κ3) is 47.6. The van der Waals surface area contributed by atoms with Gasteiger partial charge in [-0.25, -0.2) is 0 Å². The molecule has 0 aromatic heterocycles. The highest BCUT2D eigenvalue weighted by molar-refractivity contribution is 5.77. The molecular weight excluding hydrogens is 803 g/mol. The highest BCUT2D eigenvalue weighted by Gasteiger charge is 2.24. The molecule has 0 aliphatic rings. The predicted octanol–water partition coefficient (Wildman–Crippen LogP) is 17.0. The quantitative estimate of drug-likeness (QED) is 0.0321. The summed E-state index contributed by atoms with van der Waals surface area (Å²) in [7, 11) is 0. The summed E-state index contributed by atoms with van der Waals surface area (Å²) < 4.78 is 5.89. The number of aliphatic hydroxyl groups excluding tert-OH is 2. The summed E-state index contributed by atoms with van der Waals surface area (Å²) in [5.41, 5.74) is 0. The lowest BCUT2D eigenvalue weighted by molar-refractivity contribution is -0.151. The van der Waals surface area contributed by atoms with Crippen LogP contribution < -0.4 is 5.32 Å². The van der Waals surface area contributed by atoms with E-state index in [2.05, 4.69) is 99.0 Å². The minimum absolute atomic E-state index is 0.0323. The second kappa shape index (κ2) is 52.3. The molecule has 3 unspecified atom stereocenters. The third-order valence-corrected chi connectivity index (χ3v) is 12.3. The second-order valence-electron chi connectivity index (χ2n) is 18.6. The van der Waals surface area contributed by atoms with E-state index in [0.29, 0.717) is 25.7 Å². The van der Waals surface area contributed by atoms with E-state index in [1.165, 1.54) is 135 Å². The lowest BCUT2D eigenvalue weighted by Gasteiger charge is -2.24. The van der Waals surface area contributed by atoms with Crippen molar-refractivity contribution < 1.29 is 24.5 Å². The largest absolute Gasteiger partial charge is 0.462 e. The normalized spacial score (nSPS) is 13.7. The Balaban J connectivity index is 4.61. The van der Waals surface area contributed by atoms with E-state index in [-0.39, 0.29) is 24.9 Å². The maximum atomic E-state index is 13.2. The Morgan fingerprint density at radius 3 is 1.31 bits per heavy atom. The van der Waals surface area contributed by atoms with Crippen LogP contribution in [0.5, 0.6) is 0 Å². The van der Waals surface area contributed by atoms with Crippen LogP contribution in [-0.4, -0.2) is 46.9 Å². The van der Waals surface area contributed by atoms with E-state index in [1.807, 2.05) is 0 Å². The molecule has 0 bridgehead atoms. The Bertz CT molecular complexity index is 1200. The summed E-state index contributed by atoms with van der Waals surface area (Å²) >= 11 is 0. The molecular formula is C59H105NO5. The zero-order chi connectivity index (χ0) is 47.4. The number of ether oxygens (including phenoxy) is 1. The van der Waals surface area contributed by atoms with Crippen LogP contribution in [0.2, 0.25) is 0 Å². The molecule has 0 aromatic rings. The third-order valence-electron chi connectivity index (χ3n) is 12.3. The van der Waals surface area contributed by atoms with Crippen LogP contribution >= 0.6 is 0 Å². The Kier molecular flexibility index (Phi) is 50.1. The topological polar surface area (TPSA) is 95.9 Å². The van der Waals surface area contributed by atoms with Gasteiger partial charge in [0.2, 0.25) is 5.91 Å². The van der Waals surface area contributed by atoms with E-state index >= 15 is 0 Å². The number of esters is 1. The first kappa shape index (κ1) is 62.3. The zero-order valence-electron chi connectivity index (χ0n) is 42.9. The zero-order valence-corrected chi connectivity index (χ0v) is 42.9. The van der Waals surface area contributed by atoms with E-state index < -0.39 is 18.2 Å². The number of allylic oxidation sites excluding steroid dienone is 12. The monoisotopic (exact) mass is 908 g/mol. The first-order valence-electron chi connectivity index (χ1n) is 27.7. The van der Waals surface area contributed by atoms with E-state index in [9.17, 15) is 19.8 Å². The van der Waals surface area contributed by atoms with Gasteiger partial charge in [0.1, 0.15) is 6.10 Å². The van der Waals surface area contributed by atoms with Gasteiger partial charge in [-0.15, -0.1) is 0 Å². The van der Waals surface area contributed by atoms with Gasteiger partial charge in [0.15, 0.2) is 0 Å². The van der Waals surface area contributed by atoms with E-state index in [0.717, 1.165) is 77.0 Å². The van der Waals surface area contributed by atoms with Crippen molar-refractivity contribution in [2.75, 3.05) is 6.61 Å². The van der Waals surface area contributed by atoms with Crippen LogP contribution in [-0.2, 0) is 14.3 Å². The van der Waals surface area contributed by atoms with Crippen LogP contribution in [0.15, 0.2) is 72.9 Å². The average molecular weight is 908 g/mol. The molecule has 0 rings (SSSR count). The van der Waals surface area contributed by atoms with Crippen LogP contribution in [0.3, 0.4) is 0 Å². The van der Waals surface area contributed by atoms with Crippen LogP contribution in [0.1, 0.15) is 265 Å². The number of carbonyl (C=O) groups excluding carboxylic acids is 2. The first-order chi connectivity index (χ1) is 32.0. The van der Waals surface area contributed by atoms with Crippen molar-refractivity contribution in [1.82, 2.24) is 5.32 Å². The van der Waals surface area contributed by atoms with Crippen molar-refractivity contribution in [3.05, 3.63) is 72.9 Å². The lowest BCUT2D eigenvalue weighted by Crippen LogP contribution is -2.46. The number of hydrogen-bond donors (Lipinski definition) is 3. The molecule has 376 valence electrons. The van der Waals surface area contributed by atoms with Crippen LogP contribution in [0, 0.1) is 0 Å². The number of carbonyl (C=O) groups is 2. The molecule has 6 nitrogen and oxygen atoms in total. The summed E-state index contributed by atoms with van der Waals surface area (Å²) in [6.45, 7) is 6.36. The molecule has 6 heteroatoms. The molecule has 0 saturated heterocycles. The van der Waals surface area contributed by atoms with E-state index in [4.69, 9.17) is 4.74 Å². The Labute approximate surface area is 402 Å². The van der Waals surface area contributed by atoms with Gasteiger partial charge in [-0.2, -0.15) is 0 Å². The fourth-order valence-electron chi connectivity index (χ4n) is 8.11. The maximum Gasteiger partial charge on any atom is 0.306 e. The molecule has 3 atom stereocenters. The van der Waals surface area contributed by atoms with Gasteiger partial charge in [0.25, 0.3) is 0 Å². The van der Waals surface area contributed by atoms with Crippen molar-refractivity contribution in [1.29, 1.82) is 0 Å². The molecule has 0 aliphatic carbocycles. The number of amides is 1. The lowest BCUT2D eigenvalue weighted by atomic mass is 10.0. The van der Waals surface area contributed by atoms with Crippen LogP contribution in [0.25, 0.3) is 0 Å². The number of nitrogens with one attached hydrogen (secondary N) is 1. The maximum absolute atomic E-state index is 13.2. The minimum atomic E-state index is -0.807. The Morgan fingerprint density at radius 1 is 0.462 bits per heavy atom. The smallest absolute Gasteiger partial charge is 0.306 e. The van der Waals surface area contributed by atoms with Gasteiger partial charge in [0, 0.05) is 6.42 Å². The molecule has 1 amide bonds. The standard InChI is InChI=1S/C59H105NO5/c1-4-7-10-13-16-19-22-25-27-29-31-33-36-39-42-45-48-51-57(62)56(54-61)60-58(63)53-55(50-47-44-41-38-35-24-21-18-15-12-9-6-3)65-59(64)52-49-46-43-40-37-34-32-30-28-26-23-20-17-14-11-8-5-2/h8,11,17,20,26,28,32,34,38,40-41,43,55-57,61-62H,4-7,9-10,12-16,18-19,21-25,27,29-31,33,35-37,39,42,44-54H2,1-3H3,(H,60,63)/b11-8-,20-17-,28-26-,34-32-,41-38-,43-40-. The Morgan fingerprint density at radius 2 is 0.846 bits per heavy atom. The molecule has 0 heterocycles. The average Bonchev–Trinajstić information content (AvgIpc) is 3.30. The summed E-state index contributed by atoms with van der Waals surface area (Å²) in [5, 5.41) is 23.8. The van der Waals surface area contributed by atoms with Crippen molar-refractivity contribution in [2.45, 2.75) is 283 Å². The summed E-state index contributed by atoms with van der Waals surface area (Å²) in [5.74, 6) is -0.571. The Hall–Kier alpha value is -2.70. The summed E-state index contributed by atoms with van der Waals surface area (Å²) in [6, 6.07) is -0.724. The van der Waals surface area contributed by atoms with Crippen molar-refractivity contribution in [3.63, 3.8) is 0 Å². The fraction of sp³-hybridized carbons (Fsp3) is 0.763. The number of rotatable bonds is 49. The van der Waals surface area contributed by atoms with Gasteiger partial charge in [-0.3, -0.25) is 9.59 Å². The number of hydrogen-bond acceptors (Lipinski definition) is 5. The minimum Gasteiger partial charge on any atom is -0.462 e. The highest BCUT2D eigenvalue weighted by Crippen LogP contribution is 2.17. The number of aliphatic hydroxyl groups is 2. The summed E-state index contributed by atoms with van der Waals surface area (Å²) in [6.07, 6.45) is 66.9. The van der Waals surface area contributed by atoms with Crippen LogP contribution in [0.4, 0.5) is 0 Å². The van der Waals surface area contributed by atoms with Crippen molar-refractivity contribution in [2.24, 2.45) is 0 Å². The molecule has 65 heavy (non-hydrogen) atoms. The molecule has 0 saturated carbocycles. The van der Waals surface area contributed by atoms with Gasteiger partial charge < -0.3 is 20.3 Å². The van der Waals surface area contributed by atoms with Crippen molar-refractivity contribution in [3.8, 4) is 0 Å². The molecule has 0 aromatic carbocycles. The number of unbranched alkanes of at least 4 members (excludes halogenated alkanes) is 25. The van der Waals surface area contributed by atoms with Gasteiger partial charge in [-0.1, -0.05) is 241 Å². The fourth-order valence-corrected chi connectivity index (χ4v) is 8.11. The predicted molar refractivity (Wildman–Crippen MR) is 282 cm³/mol. The molecule has 0 radical (unpaired) electrons. The summed E-state index contributed by atoms with van der Waals surface area (Å²) in [4.78, 5) is 26.2. The highest BCUT2D eigenvalue weighted by atomic mass is 16.5. The van der Waals surface area contributed by atoms with Gasteiger partial charge >= 0.3 is 5.97 Å². The van der Waals surface area contributed by atoms with E-state index in [1.54, 1.807) is 0 Å². The van der Waals surface area contributed by atoms with Gasteiger partial charge in [-0.05, 0) is 83.5 Å².